The molecule has 1 aromatic carbocycles. The number of ether oxygens (including phenoxy) is 1. The monoisotopic (exact) mass is 321 g/mol. The summed E-state index contributed by atoms with van der Waals surface area (Å²) in [5.74, 6) is 1.35. The number of carbonyl (C=O) groups excluding carboxylic acids is 1. The van der Waals surface area contributed by atoms with Crippen LogP contribution in [0.4, 0.5) is 0 Å². The van der Waals surface area contributed by atoms with Crippen LogP contribution in [0.1, 0.15) is 37.7 Å². The van der Waals surface area contributed by atoms with Gasteiger partial charge in [0.15, 0.2) is 5.11 Å². The van der Waals surface area contributed by atoms with E-state index in [1.54, 1.807) is 7.11 Å². The molecule has 1 saturated carbocycles. The summed E-state index contributed by atoms with van der Waals surface area (Å²) >= 11 is 5.14. The topological polar surface area (TPSA) is 62.4 Å². The summed E-state index contributed by atoms with van der Waals surface area (Å²) in [6.07, 6.45) is 5.38. The third-order valence-electron chi connectivity index (χ3n) is 3.88. The number of hydrazine groups is 1. The molecule has 0 unspecified atom stereocenters. The molecule has 1 aliphatic carbocycles. The van der Waals surface area contributed by atoms with Gasteiger partial charge in [-0.1, -0.05) is 25.0 Å². The lowest BCUT2D eigenvalue weighted by Gasteiger charge is -2.13. The Hall–Kier alpha value is -1.82. The van der Waals surface area contributed by atoms with E-state index in [2.05, 4.69) is 16.2 Å². The van der Waals surface area contributed by atoms with Gasteiger partial charge in [-0.15, -0.1) is 0 Å². The summed E-state index contributed by atoms with van der Waals surface area (Å²) < 4.78 is 5.11. The van der Waals surface area contributed by atoms with Crippen LogP contribution in [0.15, 0.2) is 24.3 Å². The third-order valence-corrected chi connectivity index (χ3v) is 4.12. The van der Waals surface area contributed by atoms with Crippen molar-refractivity contribution in [1.29, 1.82) is 0 Å². The van der Waals surface area contributed by atoms with E-state index in [1.807, 2.05) is 24.3 Å². The Balaban J connectivity index is 1.63. The fourth-order valence-corrected chi connectivity index (χ4v) is 2.75. The van der Waals surface area contributed by atoms with Crippen LogP contribution in [-0.4, -0.2) is 18.1 Å². The highest BCUT2D eigenvalue weighted by atomic mass is 32.1. The molecule has 22 heavy (non-hydrogen) atoms. The molecule has 3 N–H and O–H groups in total. The number of carbonyl (C=O) groups is 1. The molecule has 1 fully saturated rings. The molecule has 0 radical (unpaired) electrons. The lowest BCUT2D eigenvalue weighted by molar-refractivity contribution is -0.122. The molecule has 5 nitrogen and oxygen atoms in total. The SMILES string of the molecule is COc1ccc(CNC(=S)NNC(=O)CC2CCCC2)cc1. The Morgan fingerprint density at radius 2 is 1.91 bits per heavy atom. The molecule has 1 amide bonds. The second-order valence-electron chi connectivity index (χ2n) is 5.56. The molecule has 2 rings (SSSR count). The lowest BCUT2D eigenvalue weighted by Crippen LogP contribution is -2.46. The summed E-state index contributed by atoms with van der Waals surface area (Å²) in [6.45, 7) is 0.592. The van der Waals surface area contributed by atoms with E-state index in [9.17, 15) is 4.79 Å². The van der Waals surface area contributed by atoms with Crippen molar-refractivity contribution < 1.29 is 9.53 Å². The highest BCUT2D eigenvalue weighted by molar-refractivity contribution is 7.80. The van der Waals surface area contributed by atoms with Gasteiger partial charge >= 0.3 is 0 Å². The molecule has 6 heteroatoms. The third kappa shape index (κ3) is 5.52. The Bertz CT molecular complexity index is 499. The number of methoxy groups -OCH3 is 1. The highest BCUT2D eigenvalue weighted by Gasteiger charge is 2.18. The molecule has 0 aromatic heterocycles. The van der Waals surface area contributed by atoms with Crippen LogP contribution in [0.3, 0.4) is 0 Å². The maximum Gasteiger partial charge on any atom is 0.238 e. The van der Waals surface area contributed by atoms with Crippen molar-refractivity contribution in [3.63, 3.8) is 0 Å². The minimum Gasteiger partial charge on any atom is -0.497 e. The predicted octanol–water partition coefficient (Wildman–Crippen LogP) is 2.27. The highest BCUT2D eigenvalue weighted by Crippen LogP contribution is 2.27. The van der Waals surface area contributed by atoms with Crippen molar-refractivity contribution in [3.8, 4) is 5.75 Å². The van der Waals surface area contributed by atoms with E-state index < -0.39 is 0 Å². The van der Waals surface area contributed by atoms with Gasteiger partial charge in [0.2, 0.25) is 5.91 Å². The number of nitrogens with one attached hydrogen (secondary N) is 3. The van der Waals surface area contributed by atoms with Crippen LogP contribution in [0.25, 0.3) is 0 Å². The van der Waals surface area contributed by atoms with Gasteiger partial charge in [-0.2, -0.15) is 0 Å². The van der Waals surface area contributed by atoms with E-state index in [1.165, 1.54) is 12.8 Å². The van der Waals surface area contributed by atoms with Crippen LogP contribution in [0.5, 0.6) is 5.75 Å². The number of rotatable bonds is 5. The lowest BCUT2D eigenvalue weighted by atomic mass is 10.0. The van der Waals surface area contributed by atoms with Gasteiger partial charge in [0.1, 0.15) is 5.75 Å². The quantitative estimate of drug-likeness (QED) is 0.574. The first kappa shape index (κ1) is 16.5. The molecule has 0 heterocycles. The second kappa shape index (κ2) is 8.58. The molecule has 0 spiro atoms. The second-order valence-corrected chi connectivity index (χ2v) is 5.97. The van der Waals surface area contributed by atoms with Gasteiger partial charge in [-0.3, -0.25) is 15.6 Å². The minimum atomic E-state index is 0.000461. The molecular weight excluding hydrogens is 298 g/mol. The van der Waals surface area contributed by atoms with Gasteiger partial charge in [0.05, 0.1) is 7.11 Å². The zero-order chi connectivity index (χ0) is 15.8. The summed E-state index contributed by atoms with van der Waals surface area (Å²) in [6, 6.07) is 7.73. The van der Waals surface area contributed by atoms with Gasteiger partial charge < -0.3 is 10.1 Å². The molecule has 0 saturated heterocycles. The van der Waals surface area contributed by atoms with Crippen molar-refractivity contribution in [2.75, 3.05) is 7.11 Å². The number of benzene rings is 1. The van der Waals surface area contributed by atoms with Crippen molar-refractivity contribution in [3.05, 3.63) is 29.8 Å². The van der Waals surface area contributed by atoms with Crippen LogP contribution in [-0.2, 0) is 11.3 Å². The van der Waals surface area contributed by atoms with Gasteiger partial charge in [0.25, 0.3) is 0 Å². The maximum atomic E-state index is 11.8. The number of amides is 1. The number of hydrogen-bond acceptors (Lipinski definition) is 3. The molecular formula is C16H23N3O2S. The Labute approximate surface area is 136 Å². The maximum absolute atomic E-state index is 11.8. The van der Waals surface area contributed by atoms with Gasteiger partial charge in [-0.25, -0.2) is 0 Å². The van der Waals surface area contributed by atoms with Gasteiger partial charge in [-0.05, 0) is 48.7 Å². The zero-order valence-corrected chi connectivity index (χ0v) is 13.7. The minimum absolute atomic E-state index is 0.000461. The first-order chi connectivity index (χ1) is 10.7. The average Bonchev–Trinajstić information content (AvgIpc) is 3.04. The van der Waals surface area contributed by atoms with Crippen molar-refractivity contribution >= 4 is 23.2 Å². The van der Waals surface area contributed by atoms with Crippen LogP contribution < -0.4 is 20.9 Å². The molecule has 0 bridgehead atoms. The molecule has 120 valence electrons. The first-order valence-corrected chi connectivity index (χ1v) is 8.04. The van der Waals surface area contributed by atoms with Crippen LogP contribution in [0, 0.1) is 5.92 Å². The normalized spacial score (nSPS) is 14.4. The summed E-state index contributed by atoms with van der Waals surface area (Å²) in [5.41, 5.74) is 6.48. The van der Waals surface area contributed by atoms with E-state index in [0.717, 1.165) is 24.2 Å². The Morgan fingerprint density at radius 1 is 1.23 bits per heavy atom. The predicted molar refractivity (Wildman–Crippen MR) is 90.3 cm³/mol. The molecule has 0 atom stereocenters. The zero-order valence-electron chi connectivity index (χ0n) is 12.9. The van der Waals surface area contributed by atoms with Crippen molar-refractivity contribution in [2.24, 2.45) is 5.92 Å². The fourth-order valence-electron chi connectivity index (χ4n) is 2.62. The van der Waals surface area contributed by atoms with Crippen molar-refractivity contribution in [1.82, 2.24) is 16.2 Å². The molecule has 1 aromatic rings. The standard InChI is InChI=1S/C16H23N3O2S/c1-21-14-8-6-13(7-9-14)11-17-16(22)19-18-15(20)10-12-4-2-3-5-12/h6-9,12H,2-5,10-11H2,1H3,(H,18,20)(H2,17,19,22). The summed E-state index contributed by atoms with van der Waals surface area (Å²) in [7, 11) is 1.64. The summed E-state index contributed by atoms with van der Waals surface area (Å²) in [4.78, 5) is 11.8. The molecule has 0 aliphatic heterocycles. The molecule has 1 aliphatic rings. The smallest absolute Gasteiger partial charge is 0.238 e. The summed E-state index contributed by atoms with van der Waals surface area (Å²) in [5, 5.41) is 3.46. The van der Waals surface area contributed by atoms with Crippen LogP contribution in [0.2, 0.25) is 0 Å². The fraction of sp³-hybridized carbons (Fsp3) is 0.500. The first-order valence-electron chi connectivity index (χ1n) is 7.63. The Kier molecular flexibility index (Phi) is 6.45. The van der Waals surface area contributed by atoms with Gasteiger partial charge in [0, 0.05) is 13.0 Å². The van der Waals surface area contributed by atoms with E-state index >= 15 is 0 Å². The van der Waals surface area contributed by atoms with E-state index in [4.69, 9.17) is 17.0 Å². The van der Waals surface area contributed by atoms with E-state index in [0.29, 0.717) is 24.0 Å². The number of hydrogen-bond donors (Lipinski definition) is 3. The average molecular weight is 321 g/mol. The van der Waals surface area contributed by atoms with Crippen LogP contribution >= 0.6 is 12.2 Å². The number of thiocarbonyl (C=S) groups is 1. The Morgan fingerprint density at radius 3 is 2.55 bits per heavy atom. The van der Waals surface area contributed by atoms with E-state index in [-0.39, 0.29) is 5.91 Å². The largest absolute Gasteiger partial charge is 0.497 e. The van der Waals surface area contributed by atoms with Crippen molar-refractivity contribution in [2.45, 2.75) is 38.6 Å².